The number of fused-ring (bicyclic) bond motifs is 1. The largest absolute Gasteiger partial charge is 0.436 e. The van der Waals surface area contributed by atoms with Gasteiger partial charge in [-0.05, 0) is 88.0 Å². The van der Waals surface area contributed by atoms with E-state index in [-0.39, 0.29) is 29.1 Å². The number of hydrogen-bond acceptors (Lipinski definition) is 7. The molecule has 4 amide bonds. The fraction of sp³-hybridized carbons (Fsp3) is 0.583. The average molecular weight is 734 g/mol. The van der Waals surface area contributed by atoms with Gasteiger partial charge in [-0.25, -0.2) is 9.59 Å². The van der Waals surface area contributed by atoms with Crippen molar-refractivity contribution in [3.8, 4) is 0 Å². The first kappa shape index (κ1) is 37.0. The molecule has 3 saturated heterocycles. The number of likely N-dealkylation sites (tertiary alicyclic amines) is 2. The van der Waals surface area contributed by atoms with Gasteiger partial charge in [0, 0.05) is 70.0 Å². The van der Waals surface area contributed by atoms with E-state index in [1.165, 1.54) is 11.0 Å². The molecule has 1 atom stereocenters. The van der Waals surface area contributed by atoms with Crippen molar-refractivity contribution in [2.45, 2.75) is 69.3 Å². The number of carbonyl (C=O) groups is 3. The number of nitrogens with zero attached hydrogens (tertiary/aromatic N) is 5. The lowest BCUT2D eigenvalue weighted by Gasteiger charge is -2.38. The van der Waals surface area contributed by atoms with Gasteiger partial charge in [-0.2, -0.15) is 13.2 Å². The maximum absolute atomic E-state index is 14.1. The highest BCUT2D eigenvalue weighted by atomic mass is 35.5. The Bertz CT molecular complexity index is 1580. The molecule has 15 heteroatoms. The summed E-state index contributed by atoms with van der Waals surface area (Å²) in [6.07, 6.45) is -2.59. The SMILES string of the molecule is CN1CCC(N2CCCN(C(=O)[C@@H](Cc3cc(Cl)c(N)c(C(F)(F)F)c3)OC(=O)N3CCC(N4CCc5ccccc5NC4=O)CC3)CC2)CC1. The Kier molecular flexibility index (Phi) is 11.5. The van der Waals surface area contributed by atoms with E-state index in [9.17, 15) is 27.6 Å². The number of carbonyl (C=O) groups excluding carboxylic acids is 3. The molecule has 0 radical (unpaired) electrons. The number of para-hydroxylation sites is 1. The summed E-state index contributed by atoms with van der Waals surface area (Å²) in [5.41, 5.74) is 5.92. The number of hydrogen-bond donors (Lipinski definition) is 2. The Balaban J connectivity index is 1.13. The molecule has 4 aliphatic rings. The Morgan fingerprint density at radius 1 is 0.941 bits per heavy atom. The first-order chi connectivity index (χ1) is 24.4. The highest BCUT2D eigenvalue weighted by molar-refractivity contribution is 6.33. The van der Waals surface area contributed by atoms with Crippen LogP contribution in [0, 0.1) is 0 Å². The molecule has 0 aliphatic carbocycles. The van der Waals surface area contributed by atoms with Crippen LogP contribution in [-0.2, 0) is 28.5 Å². The Morgan fingerprint density at radius 3 is 2.37 bits per heavy atom. The number of halogens is 4. The first-order valence-corrected chi connectivity index (χ1v) is 18.2. The summed E-state index contributed by atoms with van der Waals surface area (Å²) >= 11 is 6.13. The van der Waals surface area contributed by atoms with Crippen LogP contribution in [0.1, 0.15) is 48.8 Å². The van der Waals surface area contributed by atoms with Crippen molar-refractivity contribution in [1.82, 2.24) is 24.5 Å². The number of anilines is 2. The van der Waals surface area contributed by atoms with Crippen LogP contribution in [0.5, 0.6) is 0 Å². The van der Waals surface area contributed by atoms with Crippen molar-refractivity contribution >= 4 is 41.0 Å². The van der Waals surface area contributed by atoms with Crippen molar-refractivity contribution < 1.29 is 32.3 Å². The number of piperidine rings is 2. The zero-order valence-electron chi connectivity index (χ0n) is 29.0. The minimum atomic E-state index is -4.76. The molecule has 4 aliphatic heterocycles. The molecule has 0 bridgehead atoms. The Morgan fingerprint density at radius 2 is 1.65 bits per heavy atom. The molecule has 0 aromatic heterocycles. The lowest BCUT2D eigenvalue weighted by atomic mass is 10.0. The molecule has 278 valence electrons. The number of ether oxygens (including phenoxy) is 1. The van der Waals surface area contributed by atoms with Gasteiger partial charge in [-0.1, -0.05) is 29.8 Å². The smallest absolute Gasteiger partial charge is 0.418 e. The summed E-state index contributed by atoms with van der Waals surface area (Å²) in [4.78, 5) is 50.6. The van der Waals surface area contributed by atoms with E-state index in [0.29, 0.717) is 64.6 Å². The van der Waals surface area contributed by atoms with E-state index >= 15 is 0 Å². The van der Waals surface area contributed by atoms with Gasteiger partial charge in [0.2, 0.25) is 0 Å². The quantitative estimate of drug-likeness (QED) is 0.394. The van der Waals surface area contributed by atoms with Crippen molar-refractivity contribution in [3.63, 3.8) is 0 Å². The van der Waals surface area contributed by atoms with E-state index in [0.717, 1.165) is 56.2 Å². The molecule has 3 N–H and O–H groups in total. The van der Waals surface area contributed by atoms with Crippen LogP contribution in [-0.4, -0.2) is 127 Å². The molecule has 4 heterocycles. The molecule has 2 aromatic rings. The lowest BCUT2D eigenvalue weighted by molar-refractivity contribution is -0.140. The second-order valence-electron chi connectivity index (χ2n) is 14.1. The number of amides is 4. The third-order valence-electron chi connectivity index (χ3n) is 10.8. The topological polar surface area (TPSA) is 115 Å². The molecule has 2 aromatic carbocycles. The monoisotopic (exact) mass is 733 g/mol. The number of rotatable bonds is 6. The molecule has 0 unspecified atom stereocenters. The fourth-order valence-corrected chi connectivity index (χ4v) is 8.04. The Hall–Kier alpha value is -3.75. The van der Waals surface area contributed by atoms with E-state index in [1.54, 1.807) is 4.90 Å². The van der Waals surface area contributed by atoms with Crippen LogP contribution >= 0.6 is 11.6 Å². The predicted octanol–water partition coefficient (Wildman–Crippen LogP) is 5.17. The second-order valence-corrected chi connectivity index (χ2v) is 14.5. The van der Waals surface area contributed by atoms with Crippen molar-refractivity contribution in [3.05, 3.63) is 58.1 Å². The van der Waals surface area contributed by atoms with Gasteiger partial charge in [0.15, 0.2) is 6.10 Å². The standard InChI is InChI=1S/C36H47ClF3N7O4/c1-43-14-8-26(9-15-43)44-12-4-13-45(20-19-44)33(48)31(23-24-21-28(36(38,39)40)32(41)29(37)22-24)51-35(50)46-16-10-27(11-17-46)47-18-7-25-5-2-3-6-30(25)42-34(47)49/h2-3,5-6,21-22,26-27,31H,4,7-20,23,41H2,1H3,(H,42,49)/t31-/m1/s1. The lowest BCUT2D eigenvalue weighted by Crippen LogP contribution is -2.51. The maximum Gasteiger partial charge on any atom is 0.418 e. The summed E-state index contributed by atoms with van der Waals surface area (Å²) in [5.74, 6) is -0.453. The number of urea groups is 1. The zero-order valence-corrected chi connectivity index (χ0v) is 29.7. The summed E-state index contributed by atoms with van der Waals surface area (Å²) in [5, 5.41) is 2.70. The first-order valence-electron chi connectivity index (χ1n) is 17.8. The molecule has 0 saturated carbocycles. The molecule has 0 spiro atoms. The van der Waals surface area contributed by atoms with Gasteiger partial charge in [-0.15, -0.1) is 0 Å². The van der Waals surface area contributed by atoms with Crippen LogP contribution in [0.2, 0.25) is 5.02 Å². The van der Waals surface area contributed by atoms with Crippen LogP contribution in [0.15, 0.2) is 36.4 Å². The van der Waals surface area contributed by atoms with Gasteiger partial charge in [-0.3, -0.25) is 9.69 Å². The van der Waals surface area contributed by atoms with E-state index in [1.807, 2.05) is 29.2 Å². The third kappa shape index (κ3) is 8.83. The summed E-state index contributed by atoms with van der Waals surface area (Å²) in [7, 11) is 2.11. The third-order valence-corrected chi connectivity index (χ3v) is 11.1. The molecular formula is C36H47ClF3N7O4. The average Bonchev–Trinajstić information content (AvgIpc) is 3.45. The van der Waals surface area contributed by atoms with E-state index < -0.39 is 35.5 Å². The summed E-state index contributed by atoms with van der Waals surface area (Å²) < 4.78 is 47.4. The Labute approximate surface area is 301 Å². The van der Waals surface area contributed by atoms with Gasteiger partial charge >= 0.3 is 18.3 Å². The van der Waals surface area contributed by atoms with Gasteiger partial charge in [0.25, 0.3) is 5.91 Å². The fourth-order valence-electron chi connectivity index (χ4n) is 7.80. The van der Waals surface area contributed by atoms with Crippen molar-refractivity contribution in [2.75, 3.05) is 77.0 Å². The van der Waals surface area contributed by atoms with E-state index in [4.69, 9.17) is 22.1 Å². The molecule has 6 rings (SSSR count). The van der Waals surface area contributed by atoms with E-state index in [2.05, 4.69) is 22.2 Å². The summed E-state index contributed by atoms with van der Waals surface area (Å²) in [6, 6.07) is 10.0. The van der Waals surface area contributed by atoms with Crippen LogP contribution in [0.4, 0.5) is 34.1 Å². The maximum atomic E-state index is 14.1. The van der Waals surface area contributed by atoms with Crippen LogP contribution < -0.4 is 11.1 Å². The molecule has 51 heavy (non-hydrogen) atoms. The van der Waals surface area contributed by atoms with Crippen molar-refractivity contribution in [1.29, 1.82) is 0 Å². The highest BCUT2D eigenvalue weighted by Gasteiger charge is 2.38. The molecular weight excluding hydrogens is 687 g/mol. The van der Waals surface area contributed by atoms with Crippen LogP contribution in [0.25, 0.3) is 0 Å². The van der Waals surface area contributed by atoms with Crippen LogP contribution in [0.3, 0.4) is 0 Å². The highest BCUT2D eigenvalue weighted by Crippen LogP contribution is 2.38. The zero-order chi connectivity index (χ0) is 36.3. The number of benzene rings is 2. The number of nitrogens with one attached hydrogen (secondary N) is 1. The normalized spacial score (nSPS) is 21.0. The molecule has 3 fully saturated rings. The predicted molar refractivity (Wildman–Crippen MR) is 189 cm³/mol. The number of nitrogen functional groups attached to an aromatic ring is 1. The van der Waals surface area contributed by atoms with Gasteiger partial charge < -0.3 is 35.4 Å². The van der Waals surface area contributed by atoms with Gasteiger partial charge in [0.05, 0.1) is 16.3 Å². The minimum absolute atomic E-state index is 0.0855. The molecule has 11 nitrogen and oxygen atoms in total. The minimum Gasteiger partial charge on any atom is -0.436 e. The number of alkyl halides is 3. The second kappa shape index (κ2) is 15.9. The summed E-state index contributed by atoms with van der Waals surface area (Å²) in [6.45, 7) is 5.53. The van der Waals surface area contributed by atoms with Crippen molar-refractivity contribution in [2.24, 2.45) is 0 Å². The number of nitrogens with two attached hydrogens (primary N) is 1. The van der Waals surface area contributed by atoms with Gasteiger partial charge in [0.1, 0.15) is 0 Å².